The van der Waals surface area contributed by atoms with E-state index in [1.807, 2.05) is 11.5 Å². The Hall–Kier alpha value is -3.01. The molecule has 2 aromatic rings. The molecule has 3 aliphatic rings. The number of carbonyl (C=O) groups is 2. The summed E-state index contributed by atoms with van der Waals surface area (Å²) < 4.78 is 49.2. The zero-order valence-corrected chi connectivity index (χ0v) is 17.3. The fraction of sp³-hybridized carbons (Fsp3) is 0.455. The Kier molecular flexibility index (Phi) is 4.92. The number of carboxylic acids is 1. The van der Waals surface area contributed by atoms with Crippen molar-refractivity contribution < 1.29 is 32.6 Å². The van der Waals surface area contributed by atoms with Gasteiger partial charge in [-0.05, 0) is 31.9 Å². The molecule has 1 aromatic heterocycles. The molecule has 0 spiro atoms. The van der Waals surface area contributed by atoms with Gasteiger partial charge >= 0.3 is 12.6 Å². The number of anilines is 1. The Morgan fingerprint density at radius 1 is 1.31 bits per heavy atom. The molecule has 5 rings (SSSR count). The number of rotatable bonds is 5. The number of Topliss-reactive ketones (excluding diaryl/α,β-unsaturated/α-hetero) is 1. The fourth-order valence-corrected chi connectivity index (χ4v) is 4.76. The first-order valence-electron chi connectivity index (χ1n) is 10.5. The Balaban J connectivity index is 1.74. The molecule has 2 aliphatic heterocycles. The standard InChI is InChI=1S/C22H22F3N3O4/c1-10-16-6-11(8-27(16)5-4-26-10)17-15(23)7-13-18(20(17)32-22(24)25)28(12-2-3-12)9-14(19(13)29)21(30)31/h6-8,10,12,14,22,26H,2-5,9H2,1H3,(H,30,31)/t10-,14?/m0/s1. The molecule has 1 unspecified atom stereocenters. The van der Waals surface area contributed by atoms with Gasteiger partial charge in [0.05, 0.1) is 11.3 Å². The van der Waals surface area contributed by atoms with Crippen molar-refractivity contribution in [2.45, 2.75) is 45.0 Å². The minimum atomic E-state index is -3.24. The molecular weight excluding hydrogens is 427 g/mol. The van der Waals surface area contributed by atoms with Crippen LogP contribution in [0.4, 0.5) is 18.9 Å². The number of aliphatic carboxylic acids is 1. The van der Waals surface area contributed by atoms with E-state index < -0.39 is 35.8 Å². The highest BCUT2D eigenvalue weighted by Crippen LogP contribution is 2.50. The van der Waals surface area contributed by atoms with Crippen molar-refractivity contribution in [2.75, 3.05) is 18.0 Å². The predicted octanol–water partition coefficient (Wildman–Crippen LogP) is 3.43. The van der Waals surface area contributed by atoms with Gasteiger partial charge in [0.2, 0.25) is 0 Å². The van der Waals surface area contributed by atoms with Crippen LogP contribution >= 0.6 is 0 Å². The number of alkyl halides is 2. The molecule has 2 N–H and O–H groups in total. The second-order valence-electron chi connectivity index (χ2n) is 8.50. The highest BCUT2D eigenvalue weighted by Gasteiger charge is 2.45. The summed E-state index contributed by atoms with van der Waals surface area (Å²) in [6.45, 7) is -0.0939. The van der Waals surface area contributed by atoms with Gasteiger partial charge in [-0.25, -0.2) is 4.39 Å². The van der Waals surface area contributed by atoms with Crippen LogP contribution in [0.5, 0.6) is 5.75 Å². The third kappa shape index (κ3) is 3.33. The smallest absolute Gasteiger partial charge is 0.387 e. The van der Waals surface area contributed by atoms with E-state index in [0.29, 0.717) is 12.1 Å². The molecule has 1 aromatic carbocycles. The predicted molar refractivity (Wildman–Crippen MR) is 109 cm³/mol. The van der Waals surface area contributed by atoms with Gasteiger partial charge < -0.3 is 24.6 Å². The highest BCUT2D eigenvalue weighted by molar-refractivity contribution is 6.15. The number of carboxylic acid groups (broad SMARTS) is 1. The van der Waals surface area contributed by atoms with Crippen molar-refractivity contribution in [2.24, 2.45) is 5.92 Å². The molecule has 170 valence electrons. The summed E-state index contributed by atoms with van der Waals surface area (Å²) in [5.74, 6) is -4.83. The van der Waals surface area contributed by atoms with E-state index in [4.69, 9.17) is 4.74 Å². The van der Waals surface area contributed by atoms with Crippen LogP contribution in [-0.4, -0.2) is 47.2 Å². The van der Waals surface area contributed by atoms with Crippen molar-refractivity contribution in [1.29, 1.82) is 0 Å². The molecule has 10 heteroatoms. The second kappa shape index (κ2) is 7.54. The molecule has 3 heterocycles. The number of aromatic nitrogens is 1. The zero-order chi connectivity index (χ0) is 22.7. The maximum atomic E-state index is 15.4. The van der Waals surface area contributed by atoms with E-state index >= 15 is 4.39 Å². The average molecular weight is 449 g/mol. The number of fused-ring (bicyclic) bond motifs is 2. The van der Waals surface area contributed by atoms with Crippen LogP contribution in [-0.2, 0) is 11.3 Å². The first-order valence-corrected chi connectivity index (χ1v) is 10.5. The Morgan fingerprint density at radius 3 is 2.69 bits per heavy atom. The Morgan fingerprint density at radius 2 is 2.06 bits per heavy atom. The number of nitrogens with one attached hydrogen (secondary N) is 1. The molecule has 0 radical (unpaired) electrons. The van der Waals surface area contributed by atoms with Gasteiger partial charge in [-0.15, -0.1) is 0 Å². The lowest BCUT2D eigenvalue weighted by Crippen LogP contribution is -2.44. The van der Waals surface area contributed by atoms with Crippen molar-refractivity contribution >= 4 is 17.4 Å². The van der Waals surface area contributed by atoms with Crippen LogP contribution in [0, 0.1) is 11.7 Å². The van der Waals surface area contributed by atoms with E-state index in [2.05, 4.69) is 5.32 Å². The van der Waals surface area contributed by atoms with E-state index in [0.717, 1.165) is 31.1 Å². The maximum Gasteiger partial charge on any atom is 0.387 e. The number of halogens is 3. The summed E-state index contributed by atoms with van der Waals surface area (Å²) in [7, 11) is 0. The minimum Gasteiger partial charge on any atom is -0.481 e. The molecule has 1 aliphatic carbocycles. The van der Waals surface area contributed by atoms with E-state index in [1.54, 1.807) is 17.2 Å². The first-order chi connectivity index (χ1) is 15.3. The van der Waals surface area contributed by atoms with Gasteiger partial charge in [0.15, 0.2) is 11.5 Å². The van der Waals surface area contributed by atoms with Crippen LogP contribution in [0.15, 0.2) is 18.3 Å². The molecule has 32 heavy (non-hydrogen) atoms. The molecule has 0 saturated heterocycles. The topological polar surface area (TPSA) is 83.8 Å². The van der Waals surface area contributed by atoms with E-state index in [9.17, 15) is 23.5 Å². The quantitative estimate of drug-likeness (QED) is 0.681. The molecule has 0 bridgehead atoms. The maximum absolute atomic E-state index is 15.4. The number of ketones is 1. The lowest BCUT2D eigenvalue weighted by atomic mass is 9.88. The van der Waals surface area contributed by atoms with Gasteiger partial charge in [-0.2, -0.15) is 8.78 Å². The number of ether oxygens (including phenoxy) is 1. The van der Waals surface area contributed by atoms with Crippen LogP contribution in [0.1, 0.15) is 41.9 Å². The van der Waals surface area contributed by atoms with Gasteiger partial charge in [0.1, 0.15) is 11.7 Å². The summed E-state index contributed by atoms with van der Waals surface area (Å²) in [5, 5.41) is 12.8. The van der Waals surface area contributed by atoms with E-state index in [-0.39, 0.29) is 35.4 Å². The molecule has 1 saturated carbocycles. The van der Waals surface area contributed by atoms with Crippen LogP contribution in [0.3, 0.4) is 0 Å². The number of nitrogens with zero attached hydrogens (tertiary/aromatic N) is 2. The first kappa shape index (κ1) is 20.9. The molecule has 0 amide bonds. The van der Waals surface area contributed by atoms with Gasteiger partial charge in [0, 0.05) is 54.7 Å². The summed E-state index contributed by atoms with van der Waals surface area (Å²) in [5.41, 5.74) is 0.932. The summed E-state index contributed by atoms with van der Waals surface area (Å²) in [6.07, 6.45) is 3.15. The van der Waals surface area contributed by atoms with Crippen LogP contribution in [0.25, 0.3) is 11.1 Å². The minimum absolute atomic E-state index is 0.00137. The summed E-state index contributed by atoms with van der Waals surface area (Å²) in [6, 6.07) is 2.59. The molecule has 1 fully saturated rings. The molecule has 7 nitrogen and oxygen atoms in total. The van der Waals surface area contributed by atoms with Gasteiger partial charge in [-0.1, -0.05) is 0 Å². The third-order valence-electron chi connectivity index (χ3n) is 6.41. The lowest BCUT2D eigenvalue weighted by Gasteiger charge is -2.35. The SMILES string of the molecule is C[C@@H]1NCCn2cc(-c3c(F)cc4c(c3OC(F)F)N(C3CC3)CC(C(=O)O)C4=O)cc21. The Labute approximate surface area is 181 Å². The second-order valence-corrected chi connectivity index (χ2v) is 8.50. The van der Waals surface area contributed by atoms with Gasteiger partial charge in [-0.3, -0.25) is 9.59 Å². The number of hydrogen-bond donors (Lipinski definition) is 2. The number of carbonyl (C=O) groups excluding carboxylic acids is 1. The van der Waals surface area contributed by atoms with Gasteiger partial charge in [0.25, 0.3) is 0 Å². The van der Waals surface area contributed by atoms with Crippen molar-refractivity contribution in [3.8, 4) is 16.9 Å². The molecule has 2 atom stereocenters. The highest BCUT2D eigenvalue weighted by atomic mass is 19.3. The fourth-order valence-electron chi connectivity index (χ4n) is 4.76. The number of hydrogen-bond acceptors (Lipinski definition) is 5. The van der Waals surface area contributed by atoms with Crippen LogP contribution in [0.2, 0.25) is 0 Å². The van der Waals surface area contributed by atoms with E-state index in [1.165, 1.54) is 0 Å². The monoisotopic (exact) mass is 449 g/mol. The summed E-state index contributed by atoms with van der Waals surface area (Å²) in [4.78, 5) is 26.1. The normalized spacial score (nSPS) is 22.7. The zero-order valence-electron chi connectivity index (χ0n) is 17.3. The van der Waals surface area contributed by atoms with Crippen molar-refractivity contribution in [3.05, 3.63) is 35.4 Å². The van der Waals surface area contributed by atoms with Crippen molar-refractivity contribution in [3.63, 3.8) is 0 Å². The average Bonchev–Trinajstić information content (AvgIpc) is 3.47. The third-order valence-corrected chi connectivity index (χ3v) is 6.41. The number of benzene rings is 1. The Bertz CT molecular complexity index is 1110. The summed E-state index contributed by atoms with van der Waals surface area (Å²) >= 11 is 0. The molecular formula is C22H22F3N3O4. The van der Waals surface area contributed by atoms with Crippen molar-refractivity contribution in [1.82, 2.24) is 9.88 Å². The van der Waals surface area contributed by atoms with Crippen LogP contribution < -0.4 is 15.0 Å². The largest absolute Gasteiger partial charge is 0.481 e. The lowest BCUT2D eigenvalue weighted by molar-refractivity contribution is -0.139.